The first-order valence-corrected chi connectivity index (χ1v) is 14.2. The van der Waals surface area contributed by atoms with E-state index < -0.39 is 0 Å². The SMILES string of the molecule is O=C(Cn1ccnc(NC2CCN(CCOc3ccccc3)CC2)c1=O)NCC(c1ccccc1)c1ccccc1. The van der Waals surface area contributed by atoms with E-state index in [1.165, 1.54) is 4.57 Å². The van der Waals surface area contributed by atoms with Crippen LogP contribution < -0.4 is 20.9 Å². The molecule has 1 amide bonds. The Morgan fingerprint density at radius 2 is 1.51 bits per heavy atom. The highest BCUT2D eigenvalue weighted by atomic mass is 16.5. The number of nitrogens with one attached hydrogen (secondary N) is 2. The maximum atomic E-state index is 13.1. The number of rotatable bonds is 12. The summed E-state index contributed by atoms with van der Waals surface area (Å²) in [5, 5.41) is 6.36. The lowest BCUT2D eigenvalue weighted by Gasteiger charge is -2.32. The second kappa shape index (κ2) is 14.3. The van der Waals surface area contributed by atoms with Crippen LogP contribution in [-0.4, -0.2) is 59.2 Å². The molecule has 41 heavy (non-hydrogen) atoms. The summed E-state index contributed by atoms with van der Waals surface area (Å²) in [5.41, 5.74) is 1.96. The molecule has 0 unspecified atom stereocenters. The van der Waals surface area contributed by atoms with Crippen LogP contribution in [0.5, 0.6) is 5.75 Å². The zero-order chi connectivity index (χ0) is 28.3. The van der Waals surface area contributed by atoms with Crippen molar-refractivity contribution in [2.45, 2.75) is 31.3 Å². The number of hydrogen-bond acceptors (Lipinski definition) is 6. The lowest BCUT2D eigenvalue weighted by molar-refractivity contribution is -0.121. The maximum Gasteiger partial charge on any atom is 0.293 e. The molecule has 0 spiro atoms. The number of piperidine rings is 1. The van der Waals surface area contributed by atoms with Gasteiger partial charge in [-0.2, -0.15) is 0 Å². The molecule has 1 aromatic heterocycles. The molecule has 0 saturated carbocycles. The topological polar surface area (TPSA) is 88.5 Å². The summed E-state index contributed by atoms with van der Waals surface area (Å²) in [6.07, 6.45) is 4.95. The molecular weight excluding hydrogens is 514 g/mol. The van der Waals surface area contributed by atoms with E-state index in [0.717, 1.165) is 49.4 Å². The molecule has 212 valence electrons. The molecule has 0 aliphatic carbocycles. The number of ether oxygens (including phenoxy) is 1. The van der Waals surface area contributed by atoms with Crippen molar-refractivity contribution < 1.29 is 9.53 Å². The highest BCUT2D eigenvalue weighted by Gasteiger charge is 2.21. The van der Waals surface area contributed by atoms with Gasteiger partial charge in [-0.05, 0) is 36.1 Å². The largest absolute Gasteiger partial charge is 0.492 e. The molecule has 1 fully saturated rings. The number of benzene rings is 3. The number of carbonyl (C=O) groups excluding carboxylic acids is 1. The molecule has 1 saturated heterocycles. The number of aromatic nitrogens is 2. The van der Waals surface area contributed by atoms with E-state index >= 15 is 0 Å². The van der Waals surface area contributed by atoms with Crippen molar-refractivity contribution in [1.82, 2.24) is 19.8 Å². The summed E-state index contributed by atoms with van der Waals surface area (Å²) in [6, 6.07) is 30.2. The normalized spacial score (nSPS) is 14.1. The van der Waals surface area contributed by atoms with E-state index in [-0.39, 0.29) is 35.8 Å². The number of amides is 1. The Morgan fingerprint density at radius 1 is 0.902 bits per heavy atom. The first-order valence-electron chi connectivity index (χ1n) is 14.2. The molecular formula is C33H37N5O3. The minimum Gasteiger partial charge on any atom is -0.492 e. The number of nitrogens with zero attached hydrogens (tertiary/aromatic N) is 3. The van der Waals surface area contributed by atoms with Crippen molar-refractivity contribution >= 4 is 11.7 Å². The Labute approximate surface area is 241 Å². The summed E-state index contributed by atoms with van der Waals surface area (Å²) in [4.78, 5) is 32.7. The van der Waals surface area contributed by atoms with Crippen LogP contribution in [0.25, 0.3) is 0 Å². The van der Waals surface area contributed by atoms with Gasteiger partial charge in [0.05, 0.1) is 0 Å². The summed E-state index contributed by atoms with van der Waals surface area (Å²) >= 11 is 0. The van der Waals surface area contributed by atoms with Crippen LogP contribution in [0, 0.1) is 0 Å². The molecule has 8 heteroatoms. The minimum atomic E-state index is -0.288. The van der Waals surface area contributed by atoms with Gasteiger partial charge in [0, 0.05) is 50.5 Å². The third-order valence-electron chi connectivity index (χ3n) is 7.48. The monoisotopic (exact) mass is 551 g/mol. The molecule has 2 heterocycles. The van der Waals surface area contributed by atoms with Crippen LogP contribution >= 0.6 is 0 Å². The van der Waals surface area contributed by atoms with Gasteiger partial charge < -0.3 is 19.9 Å². The molecule has 0 atom stereocenters. The molecule has 1 aliphatic heterocycles. The Bertz CT molecular complexity index is 1380. The molecule has 0 radical (unpaired) electrons. The van der Waals surface area contributed by atoms with Crippen molar-refractivity contribution in [3.05, 3.63) is 125 Å². The third kappa shape index (κ3) is 8.05. The number of carbonyl (C=O) groups is 1. The first-order chi connectivity index (χ1) is 20.2. The molecule has 8 nitrogen and oxygen atoms in total. The Hall–Kier alpha value is -4.43. The number of hydrogen-bond donors (Lipinski definition) is 2. The Morgan fingerprint density at radius 3 is 2.15 bits per heavy atom. The van der Waals surface area contributed by atoms with Gasteiger partial charge in [-0.3, -0.25) is 14.5 Å². The molecule has 3 aromatic carbocycles. The average molecular weight is 552 g/mol. The second-order valence-electron chi connectivity index (χ2n) is 10.3. The van der Waals surface area contributed by atoms with E-state index in [9.17, 15) is 9.59 Å². The maximum absolute atomic E-state index is 13.1. The zero-order valence-electron chi connectivity index (χ0n) is 23.2. The van der Waals surface area contributed by atoms with Gasteiger partial charge in [0.25, 0.3) is 5.56 Å². The quantitative estimate of drug-likeness (QED) is 0.275. The number of anilines is 1. The van der Waals surface area contributed by atoms with Crippen LogP contribution in [0.1, 0.15) is 29.9 Å². The van der Waals surface area contributed by atoms with Crippen LogP contribution in [0.3, 0.4) is 0 Å². The van der Waals surface area contributed by atoms with Gasteiger partial charge in [-0.15, -0.1) is 0 Å². The van der Waals surface area contributed by atoms with Crippen LogP contribution in [0.2, 0.25) is 0 Å². The van der Waals surface area contributed by atoms with E-state index in [2.05, 4.69) is 44.8 Å². The highest BCUT2D eigenvalue weighted by Crippen LogP contribution is 2.23. The molecule has 1 aliphatic rings. The summed E-state index contributed by atoms with van der Waals surface area (Å²) in [6.45, 7) is 3.72. The average Bonchev–Trinajstić information content (AvgIpc) is 3.02. The summed E-state index contributed by atoms with van der Waals surface area (Å²) in [5.74, 6) is 0.977. The predicted octanol–water partition coefficient (Wildman–Crippen LogP) is 4.15. The second-order valence-corrected chi connectivity index (χ2v) is 10.3. The fourth-order valence-electron chi connectivity index (χ4n) is 5.20. The van der Waals surface area contributed by atoms with Gasteiger partial charge in [0.2, 0.25) is 5.91 Å². The fraction of sp³-hybridized carbons (Fsp3) is 0.303. The summed E-state index contributed by atoms with van der Waals surface area (Å²) < 4.78 is 7.24. The highest BCUT2D eigenvalue weighted by molar-refractivity contribution is 5.76. The molecule has 4 aromatic rings. The van der Waals surface area contributed by atoms with Crippen molar-refractivity contribution in [2.75, 3.05) is 38.1 Å². The van der Waals surface area contributed by atoms with E-state index in [1.807, 2.05) is 66.7 Å². The van der Waals surface area contributed by atoms with Gasteiger partial charge >= 0.3 is 0 Å². The smallest absolute Gasteiger partial charge is 0.293 e. The minimum absolute atomic E-state index is 0.0171. The van der Waals surface area contributed by atoms with Gasteiger partial charge in [-0.25, -0.2) is 4.98 Å². The van der Waals surface area contributed by atoms with E-state index in [0.29, 0.717) is 13.2 Å². The van der Waals surface area contributed by atoms with Crippen LogP contribution in [-0.2, 0) is 11.3 Å². The Balaban J connectivity index is 1.11. The fourth-order valence-corrected chi connectivity index (χ4v) is 5.20. The lowest BCUT2D eigenvalue weighted by atomic mass is 9.91. The van der Waals surface area contributed by atoms with Crippen LogP contribution in [0.4, 0.5) is 5.82 Å². The molecule has 0 bridgehead atoms. The predicted molar refractivity (Wildman–Crippen MR) is 161 cm³/mol. The third-order valence-corrected chi connectivity index (χ3v) is 7.48. The first kappa shape index (κ1) is 28.1. The molecule has 2 N–H and O–H groups in total. The lowest BCUT2D eigenvalue weighted by Crippen LogP contribution is -2.42. The number of likely N-dealkylation sites (tertiary alicyclic amines) is 1. The van der Waals surface area contributed by atoms with Crippen LogP contribution in [0.15, 0.2) is 108 Å². The number of para-hydroxylation sites is 1. The van der Waals surface area contributed by atoms with E-state index in [1.54, 1.807) is 12.4 Å². The molecule has 5 rings (SSSR count). The van der Waals surface area contributed by atoms with Gasteiger partial charge in [0.15, 0.2) is 5.82 Å². The zero-order valence-corrected chi connectivity index (χ0v) is 23.2. The van der Waals surface area contributed by atoms with Gasteiger partial charge in [-0.1, -0.05) is 78.9 Å². The van der Waals surface area contributed by atoms with Crippen molar-refractivity contribution in [3.8, 4) is 5.75 Å². The van der Waals surface area contributed by atoms with Crippen molar-refractivity contribution in [3.63, 3.8) is 0 Å². The standard InChI is InChI=1S/C33H37N5O3/c39-31(35-24-30(26-10-4-1-5-11-26)27-12-6-2-7-13-27)25-38-21-18-34-32(33(38)40)36-28-16-19-37(20-17-28)22-23-41-29-14-8-3-9-15-29/h1-15,18,21,28,30H,16-17,19-20,22-25H2,(H,34,36)(H,35,39). The Kier molecular flexibility index (Phi) is 9.79. The summed E-state index contributed by atoms with van der Waals surface area (Å²) in [7, 11) is 0. The van der Waals surface area contributed by atoms with E-state index in [4.69, 9.17) is 4.74 Å². The van der Waals surface area contributed by atoms with Crippen molar-refractivity contribution in [1.29, 1.82) is 0 Å². The van der Waals surface area contributed by atoms with Gasteiger partial charge in [0.1, 0.15) is 18.9 Å². The van der Waals surface area contributed by atoms with Crippen molar-refractivity contribution in [2.24, 2.45) is 0 Å².